The zero-order chi connectivity index (χ0) is 22.3. The van der Waals surface area contributed by atoms with Gasteiger partial charge in [-0.2, -0.15) is 23.5 Å². The van der Waals surface area contributed by atoms with Crippen LogP contribution in [-0.2, 0) is 0 Å². The molecule has 1 aromatic carbocycles. The van der Waals surface area contributed by atoms with Crippen molar-refractivity contribution in [3.63, 3.8) is 0 Å². The fraction of sp³-hybridized carbons (Fsp3) is 0.111. The number of hydrogen-bond acceptors (Lipinski definition) is 6. The number of rotatable bonds is 4. The van der Waals surface area contributed by atoms with Crippen LogP contribution in [0.2, 0.25) is 0 Å². The van der Waals surface area contributed by atoms with Crippen molar-refractivity contribution >= 4 is 22.5 Å². The molecule has 160 valence electrons. The van der Waals surface area contributed by atoms with Gasteiger partial charge in [0.2, 0.25) is 5.82 Å². The second kappa shape index (κ2) is 7.41. The van der Waals surface area contributed by atoms with E-state index >= 15 is 0 Å². The summed E-state index contributed by atoms with van der Waals surface area (Å²) in [6.45, 7) is 1.21. The number of nitrogens with one attached hydrogen (secondary N) is 1. The Balaban J connectivity index is 1.69. The van der Waals surface area contributed by atoms with Crippen molar-refractivity contribution in [2.24, 2.45) is 0 Å². The van der Waals surface area contributed by atoms with E-state index in [9.17, 15) is 26.3 Å². The highest BCUT2D eigenvalue weighted by Gasteiger charge is 2.31. The second-order valence-corrected chi connectivity index (χ2v) is 6.19. The summed E-state index contributed by atoms with van der Waals surface area (Å²) in [5, 5.41) is 7.19. The lowest BCUT2D eigenvalue weighted by Gasteiger charge is -2.11. The molecule has 7 nitrogen and oxygen atoms in total. The summed E-state index contributed by atoms with van der Waals surface area (Å²) in [4.78, 5) is 11.5. The smallest absolute Gasteiger partial charge is 0.406 e. The molecule has 0 atom stereocenters. The van der Waals surface area contributed by atoms with Crippen LogP contribution < -0.4 is 10.1 Å². The van der Waals surface area contributed by atoms with Crippen molar-refractivity contribution in [2.45, 2.75) is 13.3 Å². The molecule has 0 radical (unpaired) electrons. The fourth-order valence-electron chi connectivity index (χ4n) is 2.76. The van der Waals surface area contributed by atoms with Gasteiger partial charge in [0.05, 0.1) is 11.6 Å². The highest BCUT2D eigenvalue weighted by Crippen LogP contribution is 2.28. The molecule has 0 saturated carbocycles. The van der Waals surface area contributed by atoms with Crippen LogP contribution >= 0.6 is 0 Å². The van der Waals surface area contributed by atoms with E-state index in [-0.39, 0.29) is 22.8 Å². The van der Waals surface area contributed by atoms with E-state index in [1.165, 1.54) is 25.3 Å². The molecule has 0 fully saturated rings. The van der Waals surface area contributed by atoms with Crippen LogP contribution in [0.25, 0.3) is 16.9 Å². The van der Waals surface area contributed by atoms with Crippen molar-refractivity contribution in [1.29, 1.82) is 0 Å². The Kier molecular flexibility index (Phi) is 4.87. The summed E-state index contributed by atoms with van der Waals surface area (Å²) in [5.41, 5.74) is 0.197. The van der Waals surface area contributed by atoms with Gasteiger partial charge in [-0.05, 0) is 31.2 Å². The average Bonchev–Trinajstić information content (AvgIpc) is 3.14. The van der Waals surface area contributed by atoms with Crippen molar-refractivity contribution in [3.05, 3.63) is 59.9 Å². The second-order valence-electron chi connectivity index (χ2n) is 6.19. The lowest BCUT2D eigenvalue weighted by Crippen LogP contribution is -2.16. The zero-order valence-corrected chi connectivity index (χ0v) is 15.4. The number of pyridine rings is 1. The third kappa shape index (κ3) is 3.93. The fourth-order valence-corrected chi connectivity index (χ4v) is 2.76. The van der Waals surface area contributed by atoms with E-state index in [1.807, 2.05) is 0 Å². The molecule has 3 heterocycles. The Labute approximate surface area is 169 Å². The van der Waals surface area contributed by atoms with Crippen molar-refractivity contribution in [1.82, 2.24) is 24.7 Å². The van der Waals surface area contributed by atoms with E-state index in [0.29, 0.717) is 11.1 Å². The first-order valence-corrected chi connectivity index (χ1v) is 8.47. The number of ether oxygens (including phenoxy) is 1. The lowest BCUT2D eigenvalue weighted by atomic mass is 10.2. The van der Waals surface area contributed by atoms with Gasteiger partial charge in [0.15, 0.2) is 17.3 Å². The Morgan fingerprint density at radius 1 is 1.00 bits per heavy atom. The Hall–Kier alpha value is -3.90. The van der Waals surface area contributed by atoms with Gasteiger partial charge in [-0.15, -0.1) is 13.2 Å². The minimum atomic E-state index is -4.81. The maximum atomic E-state index is 13.9. The number of hydrogen-bond donors (Lipinski definition) is 1. The third-order valence-corrected chi connectivity index (χ3v) is 4.16. The quantitative estimate of drug-likeness (QED) is 0.370. The number of nitrogens with zero attached hydrogens (tertiary/aromatic N) is 5. The normalized spacial score (nSPS) is 11.7. The third-order valence-electron chi connectivity index (χ3n) is 4.16. The average molecular weight is 440 g/mol. The molecule has 3 aromatic heterocycles. The van der Waals surface area contributed by atoms with Gasteiger partial charge in [-0.1, -0.05) is 0 Å². The Morgan fingerprint density at radius 3 is 2.39 bits per heavy atom. The van der Waals surface area contributed by atoms with Gasteiger partial charge < -0.3 is 10.1 Å². The van der Waals surface area contributed by atoms with Crippen LogP contribution in [0.1, 0.15) is 5.56 Å². The molecule has 0 bridgehead atoms. The number of fused-ring (bicyclic) bond motifs is 1. The van der Waals surface area contributed by atoms with Gasteiger partial charge in [-0.25, -0.2) is 14.4 Å². The first kappa shape index (κ1) is 20.4. The zero-order valence-electron chi connectivity index (χ0n) is 15.4. The standard InChI is InChI=1S/C18H10F6N6O/c1-8-12(19)13(20)14(21)29-16(8)30-17-11(6-27-30)15(25-7-26-17)28-9-2-4-10(5-3-9)31-18(22,23)24/h2-7H,1H3,(H,25,26,28). The number of alkyl halides is 3. The predicted octanol–water partition coefficient (Wildman–Crippen LogP) is 4.58. The summed E-state index contributed by atoms with van der Waals surface area (Å²) in [6, 6.07) is 4.87. The first-order valence-electron chi connectivity index (χ1n) is 8.47. The molecule has 0 amide bonds. The highest BCUT2D eigenvalue weighted by atomic mass is 19.4. The van der Waals surface area contributed by atoms with E-state index in [1.54, 1.807) is 0 Å². The summed E-state index contributed by atoms with van der Waals surface area (Å²) >= 11 is 0. The summed E-state index contributed by atoms with van der Waals surface area (Å²) in [7, 11) is 0. The molecule has 4 aromatic rings. The number of halogens is 6. The SMILES string of the molecule is Cc1c(-n2ncc3c(Nc4ccc(OC(F)(F)F)cc4)ncnc32)nc(F)c(F)c1F. The Morgan fingerprint density at radius 2 is 1.71 bits per heavy atom. The number of aromatic nitrogens is 5. The molecule has 0 aliphatic carbocycles. The maximum absolute atomic E-state index is 13.9. The molecule has 0 aliphatic rings. The van der Waals surface area contributed by atoms with E-state index in [2.05, 4.69) is 30.1 Å². The van der Waals surface area contributed by atoms with Gasteiger partial charge in [0.1, 0.15) is 17.9 Å². The van der Waals surface area contributed by atoms with Crippen LogP contribution in [0.5, 0.6) is 5.75 Å². The maximum Gasteiger partial charge on any atom is 0.573 e. The molecule has 0 spiro atoms. The van der Waals surface area contributed by atoms with Gasteiger partial charge >= 0.3 is 6.36 Å². The van der Waals surface area contributed by atoms with E-state index < -0.39 is 29.7 Å². The summed E-state index contributed by atoms with van der Waals surface area (Å²) < 4.78 is 82.6. The minimum absolute atomic E-state index is 0.107. The van der Waals surface area contributed by atoms with Gasteiger partial charge in [0, 0.05) is 11.3 Å². The molecule has 31 heavy (non-hydrogen) atoms. The molecule has 1 N–H and O–H groups in total. The van der Waals surface area contributed by atoms with Crippen molar-refractivity contribution in [3.8, 4) is 11.6 Å². The molecular formula is C18H10F6N6O. The van der Waals surface area contributed by atoms with Gasteiger partial charge in [-0.3, -0.25) is 0 Å². The largest absolute Gasteiger partial charge is 0.573 e. The number of benzene rings is 1. The van der Waals surface area contributed by atoms with Crippen LogP contribution in [0.3, 0.4) is 0 Å². The number of anilines is 2. The highest BCUT2D eigenvalue weighted by molar-refractivity contribution is 5.89. The van der Waals surface area contributed by atoms with Crippen LogP contribution in [0, 0.1) is 24.5 Å². The monoisotopic (exact) mass is 440 g/mol. The van der Waals surface area contributed by atoms with Crippen LogP contribution in [0.4, 0.5) is 37.8 Å². The lowest BCUT2D eigenvalue weighted by molar-refractivity contribution is -0.274. The summed E-state index contributed by atoms with van der Waals surface area (Å²) in [5.74, 6) is -5.23. The summed E-state index contributed by atoms with van der Waals surface area (Å²) in [6.07, 6.45) is -2.39. The topological polar surface area (TPSA) is 77.8 Å². The van der Waals surface area contributed by atoms with E-state index in [0.717, 1.165) is 23.1 Å². The molecule has 4 rings (SSSR count). The van der Waals surface area contributed by atoms with Crippen molar-refractivity contribution < 1.29 is 31.1 Å². The molecule has 0 saturated heterocycles. The molecular weight excluding hydrogens is 430 g/mol. The molecule has 13 heteroatoms. The molecule has 0 aliphatic heterocycles. The molecule has 0 unspecified atom stereocenters. The minimum Gasteiger partial charge on any atom is -0.406 e. The predicted molar refractivity (Wildman–Crippen MR) is 95.5 cm³/mol. The first-order chi connectivity index (χ1) is 14.6. The van der Waals surface area contributed by atoms with Crippen molar-refractivity contribution in [2.75, 3.05) is 5.32 Å². The van der Waals surface area contributed by atoms with Crippen LogP contribution in [-0.4, -0.2) is 31.1 Å². The van der Waals surface area contributed by atoms with Crippen LogP contribution in [0.15, 0.2) is 36.8 Å². The van der Waals surface area contributed by atoms with E-state index in [4.69, 9.17) is 0 Å². The Bertz CT molecular complexity index is 1270. The van der Waals surface area contributed by atoms with Gasteiger partial charge in [0.25, 0.3) is 5.95 Å².